The van der Waals surface area contributed by atoms with Crippen LogP contribution in [0.5, 0.6) is 5.75 Å². The molecule has 4 rings (SSSR count). The highest BCUT2D eigenvalue weighted by Crippen LogP contribution is 2.28. The monoisotopic (exact) mass is 434 g/mol. The number of esters is 1. The summed E-state index contributed by atoms with van der Waals surface area (Å²) in [6, 6.07) is 10.7. The number of fused-ring (bicyclic) bond motifs is 2. The number of carbonyl (C=O) groups excluding carboxylic acids is 4. The average Bonchev–Trinajstić information content (AvgIpc) is 2.98. The van der Waals surface area contributed by atoms with Gasteiger partial charge in [0.1, 0.15) is 22.9 Å². The van der Waals surface area contributed by atoms with E-state index < -0.39 is 41.3 Å². The van der Waals surface area contributed by atoms with Crippen molar-refractivity contribution >= 4 is 34.7 Å². The van der Waals surface area contributed by atoms with Crippen molar-refractivity contribution < 1.29 is 28.3 Å². The Morgan fingerprint density at radius 1 is 0.969 bits per heavy atom. The Bertz CT molecular complexity index is 1320. The van der Waals surface area contributed by atoms with E-state index in [4.69, 9.17) is 14.9 Å². The number of carbonyl (C=O) groups is 4. The summed E-state index contributed by atoms with van der Waals surface area (Å²) in [7, 11) is 0. The van der Waals surface area contributed by atoms with Crippen LogP contribution in [0.25, 0.3) is 11.0 Å². The maximum Gasteiger partial charge on any atom is 0.349 e. The lowest BCUT2D eigenvalue weighted by atomic mass is 10.0. The van der Waals surface area contributed by atoms with Crippen LogP contribution in [0.15, 0.2) is 57.7 Å². The van der Waals surface area contributed by atoms with Crippen LogP contribution in [0, 0.1) is 5.92 Å². The zero-order valence-electron chi connectivity index (χ0n) is 17.2. The van der Waals surface area contributed by atoms with Gasteiger partial charge in [-0.05, 0) is 36.2 Å². The molecule has 2 N–H and O–H groups in total. The summed E-state index contributed by atoms with van der Waals surface area (Å²) in [4.78, 5) is 62.8. The van der Waals surface area contributed by atoms with Crippen LogP contribution in [-0.2, 0) is 4.79 Å². The zero-order chi connectivity index (χ0) is 23.2. The number of ether oxygens (including phenoxy) is 1. The molecule has 9 heteroatoms. The van der Waals surface area contributed by atoms with Gasteiger partial charge in [-0.3, -0.25) is 19.3 Å². The Balaban J connectivity index is 1.64. The zero-order valence-corrected chi connectivity index (χ0v) is 17.2. The molecule has 32 heavy (non-hydrogen) atoms. The minimum Gasteiger partial charge on any atom is -0.425 e. The fourth-order valence-electron chi connectivity index (χ4n) is 3.64. The molecule has 0 fully saturated rings. The van der Waals surface area contributed by atoms with E-state index in [0.717, 1.165) is 4.90 Å². The van der Waals surface area contributed by atoms with E-state index in [1.807, 2.05) is 0 Å². The summed E-state index contributed by atoms with van der Waals surface area (Å²) >= 11 is 0. The van der Waals surface area contributed by atoms with Gasteiger partial charge in [0.15, 0.2) is 0 Å². The van der Waals surface area contributed by atoms with Gasteiger partial charge >= 0.3 is 11.6 Å². The minimum atomic E-state index is -1.16. The van der Waals surface area contributed by atoms with Gasteiger partial charge in [-0.1, -0.05) is 26.0 Å². The highest BCUT2D eigenvalue weighted by Gasteiger charge is 2.44. The van der Waals surface area contributed by atoms with Crippen LogP contribution < -0.4 is 16.1 Å². The molecule has 2 heterocycles. The number of rotatable bonds is 5. The number of nitrogens with zero attached hydrogens (tertiary/aromatic N) is 1. The highest BCUT2D eigenvalue weighted by atomic mass is 16.5. The van der Waals surface area contributed by atoms with Crippen LogP contribution in [0.1, 0.15) is 44.9 Å². The summed E-state index contributed by atoms with van der Waals surface area (Å²) in [5.74, 6) is -3.25. The maximum absolute atomic E-state index is 13.0. The number of hydrogen-bond acceptors (Lipinski definition) is 7. The SMILES string of the molecule is CC(C)C(C(=O)Oc1ccc2cc(C(N)=O)c(=O)oc2c1)N1C(=O)c2ccccc2C1=O. The predicted octanol–water partition coefficient (Wildman–Crippen LogP) is 2.12. The number of benzene rings is 2. The van der Waals surface area contributed by atoms with Crippen LogP contribution in [0.2, 0.25) is 0 Å². The van der Waals surface area contributed by atoms with Crippen molar-refractivity contribution in [1.29, 1.82) is 0 Å². The third-order valence-corrected chi connectivity index (χ3v) is 5.17. The van der Waals surface area contributed by atoms with Gasteiger partial charge in [0.2, 0.25) is 0 Å². The molecule has 0 aliphatic carbocycles. The summed E-state index contributed by atoms with van der Waals surface area (Å²) in [6.45, 7) is 3.39. The molecule has 1 aliphatic heterocycles. The van der Waals surface area contributed by atoms with E-state index in [1.165, 1.54) is 36.4 Å². The van der Waals surface area contributed by atoms with Gasteiger partial charge in [0, 0.05) is 11.5 Å². The maximum atomic E-state index is 13.0. The summed E-state index contributed by atoms with van der Waals surface area (Å²) in [6.07, 6.45) is 0. The van der Waals surface area contributed by atoms with Crippen molar-refractivity contribution in [1.82, 2.24) is 4.90 Å². The first-order valence-corrected chi connectivity index (χ1v) is 9.75. The molecule has 0 bridgehead atoms. The van der Waals surface area contributed by atoms with Gasteiger partial charge in [0.25, 0.3) is 17.7 Å². The van der Waals surface area contributed by atoms with Gasteiger partial charge < -0.3 is 14.9 Å². The Morgan fingerprint density at radius 2 is 1.59 bits per heavy atom. The summed E-state index contributed by atoms with van der Waals surface area (Å²) in [5.41, 5.74) is 4.47. The predicted molar refractivity (Wildman–Crippen MR) is 112 cm³/mol. The standard InChI is InChI=1S/C23H18N2O7/c1-11(2)18(25-20(27)14-5-3-4-6-15(14)21(25)28)23(30)31-13-8-7-12-9-16(19(24)26)22(29)32-17(12)10-13/h3-11,18H,1-2H3,(H2,24,26). The number of nitrogens with two attached hydrogens (primary N) is 1. The van der Waals surface area contributed by atoms with Crippen molar-refractivity contribution in [3.63, 3.8) is 0 Å². The minimum absolute atomic E-state index is 0.0414. The molecule has 3 amide bonds. The second-order valence-corrected chi connectivity index (χ2v) is 7.65. The quantitative estimate of drug-likeness (QED) is 0.281. The fourth-order valence-corrected chi connectivity index (χ4v) is 3.64. The molecule has 162 valence electrons. The normalized spacial score (nSPS) is 14.0. The van der Waals surface area contributed by atoms with Gasteiger partial charge in [0.05, 0.1) is 11.1 Å². The molecule has 1 aliphatic rings. The Kier molecular flexibility index (Phi) is 5.09. The lowest BCUT2D eigenvalue weighted by Gasteiger charge is -2.27. The molecular weight excluding hydrogens is 416 g/mol. The van der Waals surface area contributed by atoms with E-state index in [2.05, 4.69) is 0 Å². The second-order valence-electron chi connectivity index (χ2n) is 7.65. The fraction of sp³-hybridized carbons (Fsp3) is 0.174. The topological polar surface area (TPSA) is 137 Å². The molecule has 3 aromatic rings. The van der Waals surface area contributed by atoms with Crippen molar-refractivity contribution in [3.05, 3.63) is 75.6 Å². The molecule has 1 unspecified atom stereocenters. The van der Waals surface area contributed by atoms with E-state index in [0.29, 0.717) is 5.39 Å². The molecule has 0 spiro atoms. The van der Waals surface area contributed by atoms with Crippen molar-refractivity contribution in [2.75, 3.05) is 0 Å². The van der Waals surface area contributed by atoms with Crippen molar-refractivity contribution in [2.45, 2.75) is 19.9 Å². The lowest BCUT2D eigenvalue weighted by molar-refractivity contribution is -0.140. The van der Waals surface area contributed by atoms with E-state index >= 15 is 0 Å². The molecule has 0 radical (unpaired) electrons. The largest absolute Gasteiger partial charge is 0.425 e. The van der Waals surface area contributed by atoms with Crippen molar-refractivity contribution in [2.24, 2.45) is 11.7 Å². The van der Waals surface area contributed by atoms with Crippen LogP contribution >= 0.6 is 0 Å². The van der Waals surface area contributed by atoms with Crippen molar-refractivity contribution in [3.8, 4) is 5.75 Å². The summed E-state index contributed by atoms with van der Waals surface area (Å²) in [5, 5.41) is 0.402. The molecule has 0 saturated carbocycles. The molecule has 2 aromatic carbocycles. The van der Waals surface area contributed by atoms with Gasteiger partial charge in [-0.15, -0.1) is 0 Å². The lowest BCUT2D eigenvalue weighted by Crippen LogP contribution is -2.49. The average molecular weight is 434 g/mol. The van der Waals surface area contributed by atoms with Crippen LogP contribution in [0.4, 0.5) is 0 Å². The Hall–Kier alpha value is -4.27. The molecule has 1 aromatic heterocycles. The van der Waals surface area contributed by atoms with Crippen LogP contribution in [0.3, 0.4) is 0 Å². The van der Waals surface area contributed by atoms with E-state index in [9.17, 15) is 24.0 Å². The van der Waals surface area contributed by atoms with E-state index in [-0.39, 0.29) is 28.0 Å². The molecule has 9 nitrogen and oxygen atoms in total. The molecular formula is C23H18N2O7. The second kappa shape index (κ2) is 7.77. The first-order chi connectivity index (χ1) is 15.2. The van der Waals surface area contributed by atoms with E-state index in [1.54, 1.807) is 26.0 Å². The smallest absolute Gasteiger partial charge is 0.349 e. The first-order valence-electron chi connectivity index (χ1n) is 9.75. The number of imide groups is 1. The number of primary amides is 1. The molecule has 1 atom stereocenters. The highest BCUT2D eigenvalue weighted by molar-refractivity contribution is 6.22. The third-order valence-electron chi connectivity index (χ3n) is 5.17. The third kappa shape index (κ3) is 3.43. The number of amides is 3. The van der Waals surface area contributed by atoms with Crippen LogP contribution in [-0.4, -0.2) is 34.6 Å². The Labute approximate surface area is 181 Å². The van der Waals surface area contributed by atoms with Gasteiger partial charge in [-0.2, -0.15) is 0 Å². The van der Waals surface area contributed by atoms with Gasteiger partial charge in [-0.25, -0.2) is 9.59 Å². The number of hydrogen-bond donors (Lipinski definition) is 1. The summed E-state index contributed by atoms with van der Waals surface area (Å²) < 4.78 is 10.5. The molecule has 0 saturated heterocycles. The first kappa shape index (κ1) is 21.0. The Morgan fingerprint density at radius 3 is 2.16 bits per heavy atom.